The van der Waals surface area contributed by atoms with Crippen LogP contribution in [0.5, 0.6) is 0 Å². The number of fused-ring (bicyclic) bond motifs is 1. The van der Waals surface area contributed by atoms with Crippen LogP contribution in [0.1, 0.15) is 26.3 Å². The van der Waals surface area contributed by atoms with Crippen LogP contribution in [0, 0.1) is 6.92 Å². The predicted octanol–water partition coefficient (Wildman–Crippen LogP) is 5.08. The number of benzene rings is 1. The molecule has 0 bridgehead atoms. The van der Waals surface area contributed by atoms with E-state index >= 15 is 0 Å². The van der Waals surface area contributed by atoms with Gasteiger partial charge in [-0.3, -0.25) is 4.79 Å². The summed E-state index contributed by atoms with van der Waals surface area (Å²) in [4.78, 5) is 15.0. The van der Waals surface area contributed by atoms with E-state index in [0.717, 1.165) is 20.7 Å². The predicted molar refractivity (Wildman–Crippen MR) is 95.6 cm³/mol. The van der Waals surface area contributed by atoms with Gasteiger partial charge < -0.3 is 0 Å². The third kappa shape index (κ3) is 2.92. The van der Waals surface area contributed by atoms with E-state index in [1.165, 1.54) is 16.2 Å². The number of carbonyl (C=O) groups is 1. The second-order valence-corrected chi connectivity index (χ2v) is 7.51. The molecule has 0 fully saturated rings. The summed E-state index contributed by atoms with van der Waals surface area (Å²) in [5.74, 6) is -0.279. The third-order valence-electron chi connectivity index (χ3n) is 3.16. The summed E-state index contributed by atoms with van der Waals surface area (Å²) in [6, 6.07) is 11.7. The molecule has 3 aromatic rings. The number of amides is 1. The van der Waals surface area contributed by atoms with Crippen LogP contribution in [0.3, 0.4) is 0 Å². The molecule has 0 unspecified atom stereocenters. The average Bonchev–Trinajstić information content (AvgIpc) is 3.09. The first-order valence-corrected chi connectivity index (χ1v) is 8.66. The molecule has 2 aromatic heterocycles. The Kier molecular flexibility index (Phi) is 4.29. The zero-order chi connectivity index (χ0) is 15.7. The Morgan fingerprint density at radius 2 is 1.95 bits per heavy atom. The van der Waals surface area contributed by atoms with E-state index < -0.39 is 0 Å². The lowest BCUT2D eigenvalue weighted by atomic mass is 10.2. The second-order valence-electron chi connectivity index (χ2n) is 4.79. The van der Waals surface area contributed by atoms with Crippen molar-refractivity contribution >= 4 is 56.0 Å². The van der Waals surface area contributed by atoms with Crippen molar-refractivity contribution in [2.75, 3.05) is 0 Å². The van der Waals surface area contributed by atoms with Crippen LogP contribution in [0.2, 0.25) is 5.02 Å². The van der Waals surface area contributed by atoms with Crippen molar-refractivity contribution in [1.29, 1.82) is 0 Å². The van der Waals surface area contributed by atoms with Gasteiger partial charge in [0.1, 0.15) is 4.88 Å². The number of carbonyl (C=O) groups excluding carboxylic acids is 1. The van der Waals surface area contributed by atoms with Crippen LogP contribution in [0.25, 0.3) is 10.1 Å². The van der Waals surface area contributed by atoms with Gasteiger partial charge in [0.05, 0.1) is 15.6 Å². The molecule has 0 radical (unpaired) electrons. The summed E-state index contributed by atoms with van der Waals surface area (Å²) in [5, 5.41) is 5.55. The highest BCUT2D eigenvalue weighted by molar-refractivity contribution is 7.21. The molecular weight excluding hydrogens is 336 g/mol. The number of hydrogen-bond acceptors (Lipinski definition) is 4. The van der Waals surface area contributed by atoms with Gasteiger partial charge in [0.2, 0.25) is 0 Å². The van der Waals surface area contributed by atoms with Gasteiger partial charge in [0.15, 0.2) is 0 Å². The van der Waals surface area contributed by atoms with Crippen molar-refractivity contribution in [1.82, 2.24) is 5.43 Å². The largest absolute Gasteiger partial charge is 0.283 e. The minimum atomic E-state index is -0.279. The molecule has 0 aliphatic heterocycles. The number of hydrogen-bond donors (Lipinski definition) is 1. The van der Waals surface area contributed by atoms with Gasteiger partial charge in [-0.1, -0.05) is 29.8 Å². The van der Waals surface area contributed by atoms with Crippen molar-refractivity contribution in [3.05, 3.63) is 56.1 Å². The maximum atomic E-state index is 12.3. The summed E-state index contributed by atoms with van der Waals surface area (Å²) in [6.07, 6.45) is 0. The number of rotatable bonds is 3. The monoisotopic (exact) mass is 348 g/mol. The van der Waals surface area contributed by atoms with E-state index in [9.17, 15) is 4.79 Å². The summed E-state index contributed by atoms with van der Waals surface area (Å²) in [5.41, 5.74) is 3.37. The molecule has 0 aliphatic rings. The highest BCUT2D eigenvalue weighted by atomic mass is 35.5. The van der Waals surface area contributed by atoms with Crippen LogP contribution < -0.4 is 5.43 Å². The van der Waals surface area contributed by atoms with Crippen LogP contribution in [-0.2, 0) is 0 Å². The lowest BCUT2D eigenvalue weighted by molar-refractivity contribution is 0.0959. The molecule has 0 atom stereocenters. The summed E-state index contributed by atoms with van der Waals surface area (Å²) < 4.78 is 0.993. The van der Waals surface area contributed by atoms with Gasteiger partial charge >= 0.3 is 0 Å². The average molecular weight is 349 g/mol. The smallest absolute Gasteiger partial charge is 0.266 e. The Hall–Kier alpha value is -1.69. The molecule has 22 heavy (non-hydrogen) atoms. The first kappa shape index (κ1) is 15.2. The SMILES string of the molecule is CC(=NNC(=O)c1sc2ccccc2c1Cl)c1ccc(C)s1. The van der Waals surface area contributed by atoms with Gasteiger partial charge in [-0.25, -0.2) is 5.43 Å². The minimum Gasteiger partial charge on any atom is -0.266 e. The maximum absolute atomic E-state index is 12.3. The molecule has 1 aromatic carbocycles. The van der Waals surface area contributed by atoms with E-state index in [2.05, 4.69) is 10.5 Å². The number of halogens is 1. The van der Waals surface area contributed by atoms with Gasteiger partial charge in [-0.15, -0.1) is 22.7 Å². The van der Waals surface area contributed by atoms with E-state index in [-0.39, 0.29) is 5.91 Å². The van der Waals surface area contributed by atoms with Gasteiger partial charge in [-0.05, 0) is 32.0 Å². The van der Waals surface area contributed by atoms with Gasteiger partial charge in [0.25, 0.3) is 5.91 Å². The van der Waals surface area contributed by atoms with E-state index in [0.29, 0.717) is 9.90 Å². The minimum absolute atomic E-state index is 0.279. The summed E-state index contributed by atoms with van der Waals surface area (Å²) in [7, 11) is 0. The molecule has 112 valence electrons. The molecule has 1 amide bonds. The lowest BCUT2D eigenvalue weighted by Gasteiger charge is -2.00. The Bertz CT molecular complexity index is 879. The quantitative estimate of drug-likeness (QED) is 0.520. The third-order valence-corrected chi connectivity index (χ3v) is 5.95. The number of nitrogens with one attached hydrogen (secondary N) is 1. The Morgan fingerprint density at radius 3 is 2.64 bits per heavy atom. The number of hydrazone groups is 1. The zero-order valence-electron chi connectivity index (χ0n) is 12.0. The number of thiophene rings is 2. The first-order valence-electron chi connectivity index (χ1n) is 6.64. The van der Waals surface area contributed by atoms with Crippen molar-refractivity contribution in [2.45, 2.75) is 13.8 Å². The fourth-order valence-corrected chi connectivity index (χ4v) is 4.25. The Balaban J connectivity index is 1.83. The molecule has 0 saturated carbocycles. The van der Waals surface area contributed by atoms with Gasteiger partial charge in [-0.2, -0.15) is 5.10 Å². The Labute approximate surface area is 141 Å². The molecule has 1 N–H and O–H groups in total. The molecule has 3 nitrogen and oxygen atoms in total. The fourth-order valence-electron chi connectivity index (χ4n) is 2.03. The molecule has 0 aliphatic carbocycles. The second kappa shape index (κ2) is 6.20. The molecule has 0 saturated heterocycles. The molecule has 2 heterocycles. The van der Waals surface area contributed by atoms with Crippen molar-refractivity contribution in [2.24, 2.45) is 5.10 Å². The maximum Gasteiger partial charge on any atom is 0.283 e. The molecular formula is C16H13ClN2OS2. The van der Waals surface area contributed by atoms with Gasteiger partial charge in [0, 0.05) is 15.0 Å². The Morgan fingerprint density at radius 1 is 1.18 bits per heavy atom. The molecule has 6 heteroatoms. The summed E-state index contributed by atoms with van der Waals surface area (Å²) in [6.45, 7) is 3.91. The van der Waals surface area contributed by atoms with Crippen LogP contribution in [-0.4, -0.2) is 11.6 Å². The lowest BCUT2D eigenvalue weighted by Crippen LogP contribution is -2.18. The van der Waals surface area contributed by atoms with Crippen LogP contribution in [0.15, 0.2) is 41.5 Å². The first-order chi connectivity index (χ1) is 10.6. The standard InChI is InChI=1S/C16H13ClN2OS2/c1-9-7-8-12(21-9)10(2)18-19-16(20)15-14(17)11-5-3-4-6-13(11)22-15/h3-8H,1-2H3,(H,19,20). The van der Waals surface area contributed by atoms with E-state index in [4.69, 9.17) is 11.6 Å². The van der Waals surface area contributed by atoms with E-state index in [1.54, 1.807) is 11.3 Å². The van der Waals surface area contributed by atoms with Crippen LogP contribution >= 0.6 is 34.3 Å². The van der Waals surface area contributed by atoms with Crippen LogP contribution in [0.4, 0.5) is 0 Å². The zero-order valence-corrected chi connectivity index (χ0v) is 14.4. The van der Waals surface area contributed by atoms with Crippen molar-refractivity contribution < 1.29 is 4.79 Å². The number of aryl methyl sites for hydroxylation is 1. The fraction of sp³-hybridized carbons (Fsp3) is 0.125. The highest BCUT2D eigenvalue weighted by Gasteiger charge is 2.16. The number of nitrogens with zero attached hydrogens (tertiary/aromatic N) is 1. The van der Waals surface area contributed by atoms with Crippen molar-refractivity contribution in [3.63, 3.8) is 0 Å². The molecule has 3 rings (SSSR count). The summed E-state index contributed by atoms with van der Waals surface area (Å²) >= 11 is 9.31. The normalized spacial score (nSPS) is 11.9. The van der Waals surface area contributed by atoms with Crippen molar-refractivity contribution in [3.8, 4) is 0 Å². The highest BCUT2D eigenvalue weighted by Crippen LogP contribution is 2.34. The topological polar surface area (TPSA) is 41.5 Å². The molecule has 0 spiro atoms. The van der Waals surface area contributed by atoms with E-state index in [1.807, 2.05) is 50.2 Å².